The molecular formula is C15H19N3. The zero-order valence-electron chi connectivity index (χ0n) is 10.9. The van der Waals surface area contributed by atoms with E-state index in [2.05, 4.69) is 31.1 Å². The van der Waals surface area contributed by atoms with Crippen LogP contribution in [0.5, 0.6) is 0 Å². The number of aromatic nitrogens is 2. The minimum atomic E-state index is 0.112. The lowest BCUT2D eigenvalue weighted by Gasteiger charge is -2.33. The minimum absolute atomic E-state index is 0.112. The molecule has 2 aromatic rings. The fraction of sp³-hybridized carbons (Fsp3) is 0.400. The summed E-state index contributed by atoms with van der Waals surface area (Å²) in [6.07, 6.45) is 3.99. The summed E-state index contributed by atoms with van der Waals surface area (Å²) in [5, 5.41) is 4.52. The second-order valence-corrected chi connectivity index (χ2v) is 5.95. The number of benzene rings is 1. The zero-order valence-corrected chi connectivity index (χ0v) is 10.9. The molecule has 1 aromatic carbocycles. The van der Waals surface area contributed by atoms with Crippen molar-refractivity contribution >= 4 is 0 Å². The van der Waals surface area contributed by atoms with Gasteiger partial charge in [0, 0.05) is 17.3 Å². The maximum absolute atomic E-state index is 6.26. The summed E-state index contributed by atoms with van der Waals surface area (Å²) in [7, 11) is 0. The molecule has 0 bridgehead atoms. The highest BCUT2D eigenvalue weighted by atomic mass is 15.3. The van der Waals surface area contributed by atoms with Crippen LogP contribution in [0.1, 0.15) is 37.6 Å². The van der Waals surface area contributed by atoms with Gasteiger partial charge < -0.3 is 5.73 Å². The first-order chi connectivity index (χ1) is 8.57. The number of para-hydroxylation sites is 1. The smallest absolute Gasteiger partial charge is 0.0648 e. The van der Waals surface area contributed by atoms with Crippen molar-refractivity contribution in [3.05, 3.63) is 47.8 Å². The average Bonchev–Trinajstić information content (AvgIpc) is 2.72. The number of fused-ring (bicyclic) bond motifs is 1. The first-order valence-electron chi connectivity index (χ1n) is 6.45. The van der Waals surface area contributed by atoms with Gasteiger partial charge in [0.1, 0.15) is 0 Å². The van der Waals surface area contributed by atoms with Gasteiger partial charge >= 0.3 is 0 Å². The van der Waals surface area contributed by atoms with Gasteiger partial charge in [-0.15, -0.1) is 0 Å². The van der Waals surface area contributed by atoms with Crippen molar-refractivity contribution in [2.24, 2.45) is 11.1 Å². The van der Waals surface area contributed by atoms with E-state index >= 15 is 0 Å². The van der Waals surface area contributed by atoms with Crippen molar-refractivity contribution in [1.82, 2.24) is 9.78 Å². The third-order valence-electron chi connectivity index (χ3n) is 3.72. The van der Waals surface area contributed by atoms with E-state index in [1.54, 1.807) is 0 Å². The van der Waals surface area contributed by atoms with E-state index in [4.69, 9.17) is 5.73 Å². The molecule has 3 rings (SSSR count). The van der Waals surface area contributed by atoms with Gasteiger partial charge in [-0.25, -0.2) is 4.68 Å². The molecule has 0 saturated carbocycles. The van der Waals surface area contributed by atoms with E-state index in [1.165, 1.54) is 11.3 Å². The molecule has 1 aliphatic carbocycles. The van der Waals surface area contributed by atoms with Crippen LogP contribution in [0.2, 0.25) is 0 Å². The third kappa shape index (κ3) is 1.85. The van der Waals surface area contributed by atoms with Crippen LogP contribution in [0.25, 0.3) is 5.69 Å². The van der Waals surface area contributed by atoms with Gasteiger partial charge in [0.15, 0.2) is 0 Å². The molecule has 0 spiro atoms. The summed E-state index contributed by atoms with van der Waals surface area (Å²) in [4.78, 5) is 0. The molecule has 1 heterocycles. The predicted molar refractivity (Wildman–Crippen MR) is 72.6 cm³/mol. The maximum Gasteiger partial charge on any atom is 0.0648 e. The van der Waals surface area contributed by atoms with E-state index < -0.39 is 0 Å². The van der Waals surface area contributed by atoms with Gasteiger partial charge in [-0.1, -0.05) is 32.0 Å². The second kappa shape index (κ2) is 3.95. The van der Waals surface area contributed by atoms with Crippen molar-refractivity contribution in [1.29, 1.82) is 0 Å². The van der Waals surface area contributed by atoms with Crippen molar-refractivity contribution in [2.75, 3.05) is 0 Å². The highest BCUT2D eigenvalue weighted by Crippen LogP contribution is 2.39. The number of nitrogens with zero attached hydrogens (tertiary/aromatic N) is 2. The number of hydrogen-bond acceptors (Lipinski definition) is 2. The summed E-state index contributed by atoms with van der Waals surface area (Å²) >= 11 is 0. The summed E-state index contributed by atoms with van der Waals surface area (Å²) in [6.45, 7) is 4.55. The molecule has 1 aromatic heterocycles. The Morgan fingerprint density at radius 1 is 1.28 bits per heavy atom. The van der Waals surface area contributed by atoms with Gasteiger partial charge in [0.05, 0.1) is 11.9 Å². The Hall–Kier alpha value is -1.61. The van der Waals surface area contributed by atoms with E-state index in [9.17, 15) is 0 Å². The molecular weight excluding hydrogens is 222 g/mol. The number of nitrogens with two attached hydrogens (primary N) is 1. The van der Waals surface area contributed by atoms with Gasteiger partial charge in [0.2, 0.25) is 0 Å². The topological polar surface area (TPSA) is 43.8 Å². The Morgan fingerprint density at radius 3 is 2.72 bits per heavy atom. The lowest BCUT2D eigenvalue weighted by Crippen LogP contribution is -2.30. The van der Waals surface area contributed by atoms with Crippen LogP contribution in [0.15, 0.2) is 36.5 Å². The molecule has 0 aliphatic heterocycles. The molecule has 94 valence electrons. The molecule has 3 nitrogen and oxygen atoms in total. The van der Waals surface area contributed by atoms with E-state index in [1.807, 2.05) is 29.1 Å². The Bertz CT molecular complexity index is 554. The molecule has 1 aliphatic rings. The molecule has 3 heteroatoms. The molecule has 1 atom stereocenters. The van der Waals surface area contributed by atoms with Crippen molar-refractivity contribution in [3.63, 3.8) is 0 Å². The largest absolute Gasteiger partial charge is 0.324 e. The first-order valence-corrected chi connectivity index (χ1v) is 6.45. The van der Waals surface area contributed by atoms with Gasteiger partial charge in [0.25, 0.3) is 0 Å². The monoisotopic (exact) mass is 241 g/mol. The molecule has 18 heavy (non-hydrogen) atoms. The van der Waals surface area contributed by atoms with Crippen LogP contribution in [0.3, 0.4) is 0 Å². The highest BCUT2D eigenvalue weighted by Gasteiger charge is 2.33. The van der Waals surface area contributed by atoms with Crippen LogP contribution in [-0.4, -0.2) is 9.78 Å². The lowest BCUT2D eigenvalue weighted by atomic mass is 9.74. The van der Waals surface area contributed by atoms with Crippen LogP contribution in [0.4, 0.5) is 0 Å². The molecule has 0 saturated heterocycles. The SMILES string of the molecule is CC1(C)Cc2c(cnn2-c2ccccc2)[C@H](N)C1. The Labute approximate surface area is 108 Å². The molecule has 0 fully saturated rings. The van der Waals surface area contributed by atoms with Gasteiger partial charge in [-0.05, 0) is 30.4 Å². The highest BCUT2D eigenvalue weighted by molar-refractivity contribution is 5.37. The zero-order chi connectivity index (χ0) is 12.8. The Kier molecular flexibility index (Phi) is 2.52. The molecule has 0 unspecified atom stereocenters. The van der Waals surface area contributed by atoms with Gasteiger partial charge in [-0.3, -0.25) is 0 Å². The van der Waals surface area contributed by atoms with E-state index in [0.717, 1.165) is 18.5 Å². The third-order valence-corrected chi connectivity index (χ3v) is 3.72. The fourth-order valence-corrected chi connectivity index (χ4v) is 2.90. The first kappa shape index (κ1) is 11.5. The van der Waals surface area contributed by atoms with Crippen molar-refractivity contribution in [2.45, 2.75) is 32.7 Å². The average molecular weight is 241 g/mol. The van der Waals surface area contributed by atoms with Crippen LogP contribution >= 0.6 is 0 Å². The summed E-state index contributed by atoms with van der Waals surface area (Å²) in [5.41, 5.74) is 10.1. The van der Waals surface area contributed by atoms with E-state index in [-0.39, 0.29) is 11.5 Å². The summed E-state index contributed by atoms with van der Waals surface area (Å²) in [5.74, 6) is 0. The number of hydrogen-bond donors (Lipinski definition) is 1. The Morgan fingerprint density at radius 2 is 2.00 bits per heavy atom. The summed E-state index contributed by atoms with van der Waals surface area (Å²) in [6, 6.07) is 10.4. The number of rotatable bonds is 1. The predicted octanol–water partition coefficient (Wildman–Crippen LogP) is 2.84. The molecule has 2 N–H and O–H groups in total. The molecule has 0 amide bonds. The summed E-state index contributed by atoms with van der Waals surface area (Å²) < 4.78 is 2.04. The van der Waals surface area contributed by atoms with Crippen molar-refractivity contribution in [3.8, 4) is 5.69 Å². The van der Waals surface area contributed by atoms with E-state index in [0.29, 0.717) is 0 Å². The lowest BCUT2D eigenvalue weighted by molar-refractivity contribution is 0.278. The van der Waals surface area contributed by atoms with Crippen LogP contribution < -0.4 is 5.73 Å². The van der Waals surface area contributed by atoms with Crippen LogP contribution in [0, 0.1) is 5.41 Å². The Balaban J connectivity index is 2.10. The maximum atomic E-state index is 6.26. The molecule has 0 radical (unpaired) electrons. The van der Waals surface area contributed by atoms with Gasteiger partial charge in [-0.2, -0.15) is 5.10 Å². The quantitative estimate of drug-likeness (QED) is 0.834. The normalized spacial score (nSPS) is 21.6. The second-order valence-electron chi connectivity index (χ2n) is 5.95. The van der Waals surface area contributed by atoms with Crippen molar-refractivity contribution < 1.29 is 0 Å². The fourth-order valence-electron chi connectivity index (χ4n) is 2.90. The van der Waals surface area contributed by atoms with Crippen LogP contribution in [-0.2, 0) is 6.42 Å². The standard InChI is InChI=1S/C15H19N3/c1-15(2)8-13(16)12-10-17-18(14(12)9-15)11-6-4-3-5-7-11/h3-7,10,13H,8-9,16H2,1-2H3/t13-/m1/s1. The minimum Gasteiger partial charge on any atom is -0.324 e.